The van der Waals surface area contributed by atoms with Crippen molar-refractivity contribution < 1.29 is 18.6 Å². The second-order valence-electron chi connectivity index (χ2n) is 4.11. The van der Waals surface area contributed by atoms with Crippen LogP contribution >= 0.6 is 0 Å². The fourth-order valence-electron chi connectivity index (χ4n) is 1.55. The Morgan fingerprint density at radius 3 is 2.22 bits per heavy atom. The van der Waals surface area contributed by atoms with Crippen LogP contribution in [0.3, 0.4) is 0 Å². The Balaban J connectivity index is 3.07. The molecule has 18 heavy (non-hydrogen) atoms. The quantitative estimate of drug-likeness (QED) is 0.801. The maximum Gasteiger partial charge on any atom is 0.184 e. The monoisotopic (exact) mass is 270 g/mol. The van der Waals surface area contributed by atoms with E-state index in [1.165, 1.54) is 36.4 Å². The van der Waals surface area contributed by atoms with Gasteiger partial charge in [-0.15, -0.1) is 0 Å². The van der Waals surface area contributed by atoms with Gasteiger partial charge in [0.05, 0.1) is 16.2 Å². The lowest BCUT2D eigenvalue weighted by Gasteiger charge is -2.12. The summed E-state index contributed by atoms with van der Waals surface area (Å²) in [6.45, 7) is 3.34. The lowest BCUT2D eigenvalue weighted by Crippen LogP contribution is -2.18. The van der Waals surface area contributed by atoms with Gasteiger partial charge in [0.25, 0.3) is 0 Å². The fraction of sp³-hybridized carbons (Fsp3) is 0.385. The molecule has 0 spiro atoms. The number of phenols is 1. The van der Waals surface area contributed by atoms with E-state index in [-0.39, 0.29) is 10.6 Å². The number of phenolic OH excluding ortho intramolecular Hbond substituents is 1. The molecular formula is C13H18O4S. The Morgan fingerprint density at radius 2 is 1.78 bits per heavy atom. The Labute approximate surface area is 108 Å². The third-order valence-electron chi connectivity index (χ3n) is 2.57. The van der Waals surface area contributed by atoms with Crippen molar-refractivity contribution in [1.29, 1.82) is 0 Å². The van der Waals surface area contributed by atoms with Crippen LogP contribution in [-0.4, -0.2) is 30.0 Å². The van der Waals surface area contributed by atoms with Gasteiger partial charge in [-0.1, -0.05) is 19.1 Å². The first-order valence-corrected chi connectivity index (χ1v) is 7.32. The van der Waals surface area contributed by atoms with Gasteiger partial charge in [0, 0.05) is 0 Å². The number of rotatable bonds is 5. The SMILES string of the molecule is CCC(/C=C\C(C)O)S(=O)(=O)c1ccc(O)cc1. The van der Waals surface area contributed by atoms with Gasteiger partial charge in [0.2, 0.25) is 0 Å². The molecule has 2 atom stereocenters. The molecule has 0 aromatic heterocycles. The highest BCUT2D eigenvalue weighted by molar-refractivity contribution is 7.92. The molecule has 0 saturated heterocycles. The molecule has 1 aromatic carbocycles. The van der Waals surface area contributed by atoms with Gasteiger partial charge in [0.15, 0.2) is 9.84 Å². The Hall–Kier alpha value is -1.33. The molecule has 0 amide bonds. The van der Waals surface area contributed by atoms with Crippen molar-refractivity contribution in [3.05, 3.63) is 36.4 Å². The zero-order chi connectivity index (χ0) is 13.8. The Morgan fingerprint density at radius 1 is 1.22 bits per heavy atom. The van der Waals surface area contributed by atoms with Crippen LogP contribution in [0.15, 0.2) is 41.3 Å². The molecule has 2 unspecified atom stereocenters. The van der Waals surface area contributed by atoms with E-state index in [2.05, 4.69) is 0 Å². The maximum absolute atomic E-state index is 12.3. The zero-order valence-corrected chi connectivity index (χ0v) is 11.3. The summed E-state index contributed by atoms with van der Waals surface area (Å²) in [5, 5.41) is 17.6. The van der Waals surface area contributed by atoms with E-state index in [1.54, 1.807) is 13.8 Å². The summed E-state index contributed by atoms with van der Waals surface area (Å²) in [4.78, 5) is 0.169. The number of hydrogen-bond acceptors (Lipinski definition) is 4. The van der Waals surface area contributed by atoms with E-state index in [0.29, 0.717) is 6.42 Å². The second-order valence-corrected chi connectivity index (χ2v) is 6.28. The highest BCUT2D eigenvalue weighted by Gasteiger charge is 2.23. The third-order valence-corrected chi connectivity index (χ3v) is 4.79. The van der Waals surface area contributed by atoms with Crippen LogP contribution in [0, 0.1) is 0 Å². The van der Waals surface area contributed by atoms with Crippen molar-refractivity contribution >= 4 is 9.84 Å². The molecule has 1 rings (SSSR count). The minimum Gasteiger partial charge on any atom is -0.508 e. The summed E-state index contributed by atoms with van der Waals surface area (Å²) in [7, 11) is -3.47. The summed E-state index contributed by atoms with van der Waals surface area (Å²) in [6.07, 6.45) is 2.72. The van der Waals surface area contributed by atoms with Gasteiger partial charge in [0.1, 0.15) is 5.75 Å². The van der Waals surface area contributed by atoms with E-state index in [0.717, 1.165) is 0 Å². The average Bonchev–Trinajstić information content (AvgIpc) is 2.29. The first-order chi connectivity index (χ1) is 8.37. The van der Waals surface area contributed by atoms with Gasteiger partial charge >= 0.3 is 0 Å². The Bertz CT molecular complexity index is 500. The molecule has 0 bridgehead atoms. The molecule has 0 heterocycles. The number of benzene rings is 1. The fourth-order valence-corrected chi connectivity index (χ4v) is 3.16. The van der Waals surface area contributed by atoms with E-state index >= 15 is 0 Å². The van der Waals surface area contributed by atoms with E-state index in [4.69, 9.17) is 10.2 Å². The highest BCUT2D eigenvalue weighted by atomic mass is 32.2. The lowest BCUT2D eigenvalue weighted by atomic mass is 10.2. The van der Waals surface area contributed by atoms with Crippen LogP contribution < -0.4 is 0 Å². The van der Waals surface area contributed by atoms with Crippen molar-refractivity contribution in [3.63, 3.8) is 0 Å². The summed E-state index contributed by atoms with van der Waals surface area (Å²) in [5.41, 5.74) is 0. The number of aliphatic hydroxyl groups excluding tert-OH is 1. The molecule has 4 nitrogen and oxygen atoms in total. The summed E-state index contributed by atoms with van der Waals surface area (Å²) in [6, 6.07) is 5.45. The van der Waals surface area contributed by atoms with Crippen LogP contribution in [-0.2, 0) is 9.84 Å². The summed E-state index contributed by atoms with van der Waals surface area (Å²) < 4.78 is 24.5. The summed E-state index contributed by atoms with van der Waals surface area (Å²) in [5.74, 6) is 0.0292. The predicted molar refractivity (Wildman–Crippen MR) is 70.2 cm³/mol. The van der Waals surface area contributed by atoms with Crippen LogP contribution in [0.1, 0.15) is 20.3 Å². The van der Waals surface area contributed by atoms with E-state index in [9.17, 15) is 8.42 Å². The van der Waals surface area contributed by atoms with Gasteiger partial charge < -0.3 is 10.2 Å². The number of hydrogen-bond donors (Lipinski definition) is 2. The number of aromatic hydroxyl groups is 1. The van der Waals surface area contributed by atoms with Gasteiger partial charge in [-0.05, 0) is 37.6 Å². The number of aliphatic hydroxyl groups is 1. The second kappa shape index (κ2) is 6.02. The van der Waals surface area contributed by atoms with Crippen LogP contribution in [0.4, 0.5) is 0 Å². The molecule has 100 valence electrons. The molecule has 1 aromatic rings. The smallest absolute Gasteiger partial charge is 0.184 e. The largest absolute Gasteiger partial charge is 0.508 e. The molecule has 0 aliphatic rings. The first kappa shape index (κ1) is 14.7. The normalized spacial score (nSPS) is 15.7. The van der Waals surface area contributed by atoms with Gasteiger partial charge in [-0.2, -0.15) is 0 Å². The molecule has 5 heteroatoms. The minimum absolute atomic E-state index is 0.0292. The Kier molecular flexibility index (Phi) is 4.93. The summed E-state index contributed by atoms with van der Waals surface area (Å²) >= 11 is 0. The van der Waals surface area contributed by atoms with Crippen LogP contribution in [0.5, 0.6) is 5.75 Å². The van der Waals surface area contributed by atoms with Crippen molar-refractivity contribution in [3.8, 4) is 5.75 Å². The van der Waals surface area contributed by atoms with Gasteiger partial charge in [-0.3, -0.25) is 0 Å². The predicted octanol–water partition coefficient (Wildman–Crippen LogP) is 1.88. The molecular weight excluding hydrogens is 252 g/mol. The third kappa shape index (κ3) is 3.58. The number of sulfone groups is 1. The standard InChI is InChI=1S/C13H18O4S/c1-3-12(7-4-10(2)14)18(16,17)13-8-5-11(15)6-9-13/h4-10,12,14-15H,3H2,1-2H3/b7-4-. The van der Waals surface area contributed by atoms with E-state index < -0.39 is 21.2 Å². The molecule has 0 aliphatic heterocycles. The van der Waals surface area contributed by atoms with Crippen molar-refractivity contribution in [2.75, 3.05) is 0 Å². The van der Waals surface area contributed by atoms with E-state index in [1.807, 2.05) is 0 Å². The van der Waals surface area contributed by atoms with Crippen molar-refractivity contribution in [2.45, 2.75) is 36.5 Å². The highest BCUT2D eigenvalue weighted by Crippen LogP contribution is 2.21. The van der Waals surface area contributed by atoms with Crippen molar-refractivity contribution in [2.24, 2.45) is 0 Å². The molecule has 0 saturated carbocycles. The zero-order valence-electron chi connectivity index (χ0n) is 10.4. The molecule has 0 fully saturated rings. The topological polar surface area (TPSA) is 74.6 Å². The maximum atomic E-state index is 12.3. The van der Waals surface area contributed by atoms with Crippen LogP contribution in [0.25, 0.3) is 0 Å². The average molecular weight is 270 g/mol. The van der Waals surface area contributed by atoms with Crippen LogP contribution in [0.2, 0.25) is 0 Å². The minimum atomic E-state index is -3.47. The van der Waals surface area contributed by atoms with Crippen molar-refractivity contribution in [1.82, 2.24) is 0 Å². The molecule has 0 aliphatic carbocycles. The first-order valence-electron chi connectivity index (χ1n) is 5.77. The molecule has 0 radical (unpaired) electrons. The molecule has 2 N–H and O–H groups in total. The lowest BCUT2D eigenvalue weighted by molar-refractivity contribution is 0.244. The van der Waals surface area contributed by atoms with Gasteiger partial charge in [-0.25, -0.2) is 8.42 Å².